The maximum absolute atomic E-state index is 12.9. The lowest BCUT2D eigenvalue weighted by molar-refractivity contribution is 0.0517. The standard InChI is InChI=1S/C20H21N3O3/c1-3-26-19(25)16-14(2)21-17-18(24)22(11-12-23(16)17)13-20(9-10-20)15-7-5-4-6-8-15/h4-8,11-12H,3,9-10,13H2,1-2H3. The maximum Gasteiger partial charge on any atom is 0.357 e. The van der Waals surface area contributed by atoms with Gasteiger partial charge in [-0.05, 0) is 32.3 Å². The summed E-state index contributed by atoms with van der Waals surface area (Å²) in [5, 5.41) is 0. The Bertz CT molecular complexity index is 1030. The van der Waals surface area contributed by atoms with Crippen LogP contribution in [0.3, 0.4) is 0 Å². The van der Waals surface area contributed by atoms with Gasteiger partial charge in [-0.1, -0.05) is 30.3 Å². The second kappa shape index (κ2) is 6.12. The van der Waals surface area contributed by atoms with Crippen molar-refractivity contribution < 1.29 is 9.53 Å². The molecule has 1 saturated carbocycles. The highest BCUT2D eigenvalue weighted by Crippen LogP contribution is 2.49. The molecule has 134 valence electrons. The molecule has 2 aromatic heterocycles. The number of carbonyl (C=O) groups excluding carboxylic acids is 1. The van der Waals surface area contributed by atoms with Crippen LogP contribution < -0.4 is 5.56 Å². The third-order valence-corrected chi connectivity index (χ3v) is 5.11. The largest absolute Gasteiger partial charge is 0.461 e. The van der Waals surface area contributed by atoms with E-state index in [4.69, 9.17) is 4.74 Å². The third kappa shape index (κ3) is 2.62. The van der Waals surface area contributed by atoms with Crippen LogP contribution in [0, 0.1) is 6.92 Å². The zero-order chi connectivity index (χ0) is 18.3. The topological polar surface area (TPSA) is 65.6 Å². The molecular weight excluding hydrogens is 330 g/mol. The molecule has 6 heteroatoms. The summed E-state index contributed by atoms with van der Waals surface area (Å²) >= 11 is 0. The van der Waals surface area contributed by atoms with Crippen molar-refractivity contribution >= 4 is 11.6 Å². The average Bonchev–Trinajstić information content (AvgIpc) is 3.34. The molecule has 26 heavy (non-hydrogen) atoms. The molecule has 0 radical (unpaired) electrons. The Balaban J connectivity index is 1.74. The molecule has 0 saturated heterocycles. The number of benzene rings is 1. The van der Waals surface area contributed by atoms with Gasteiger partial charge in [-0.15, -0.1) is 0 Å². The summed E-state index contributed by atoms with van der Waals surface area (Å²) in [7, 11) is 0. The van der Waals surface area contributed by atoms with E-state index < -0.39 is 5.97 Å². The molecule has 0 amide bonds. The van der Waals surface area contributed by atoms with E-state index in [2.05, 4.69) is 17.1 Å². The SMILES string of the molecule is CCOC(=O)c1c(C)nc2c(=O)n(CC3(c4ccccc4)CC3)ccn12. The molecule has 1 aliphatic carbocycles. The highest BCUT2D eigenvalue weighted by Gasteiger charge is 2.44. The van der Waals surface area contributed by atoms with Crippen molar-refractivity contribution in [1.82, 2.24) is 14.0 Å². The molecule has 2 heterocycles. The fourth-order valence-corrected chi connectivity index (χ4v) is 3.56. The Labute approximate surface area is 151 Å². The molecule has 1 aromatic carbocycles. The maximum atomic E-state index is 12.9. The molecule has 0 unspecified atom stereocenters. The summed E-state index contributed by atoms with van der Waals surface area (Å²) < 4.78 is 8.33. The van der Waals surface area contributed by atoms with Crippen LogP contribution in [0.25, 0.3) is 5.65 Å². The Kier molecular flexibility index (Phi) is 3.90. The van der Waals surface area contributed by atoms with Gasteiger partial charge in [0.25, 0.3) is 5.56 Å². The predicted octanol–water partition coefficient (Wildman–Crippen LogP) is 2.71. The summed E-state index contributed by atoms with van der Waals surface area (Å²) in [6.07, 6.45) is 5.60. The molecule has 0 aliphatic heterocycles. The number of hydrogen-bond donors (Lipinski definition) is 0. The summed E-state index contributed by atoms with van der Waals surface area (Å²) in [6.45, 7) is 4.37. The normalized spacial score (nSPS) is 15.2. The number of esters is 1. The third-order valence-electron chi connectivity index (χ3n) is 5.11. The van der Waals surface area contributed by atoms with E-state index in [0.717, 1.165) is 12.8 Å². The van der Waals surface area contributed by atoms with E-state index in [1.54, 1.807) is 30.8 Å². The average molecular weight is 351 g/mol. The molecule has 0 bridgehead atoms. The summed E-state index contributed by atoms with van der Waals surface area (Å²) in [5.74, 6) is -0.461. The van der Waals surface area contributed by atoms with Crippen molar-refractivity contribution in [2.45, 2.75) is 38.6 Å². The Hall–Kier alpha value is -2.89. The van der Waals surface area contributed by atoms with Crippen molar-refractivity contribution in [3.63, 3.8) is 0 Å². The first-order chi connectivity index (χ1) is 12.6. The molecule has 3 aromatic rings. The van der Waals surface area contributed by atoms with Gasteiger partial charge in [-0.3, -0.25) is 9.20 Å². The number of rotatable bonds is 5. The Morgan fingerprint density at radius 3 is 2.62 bits per heavy atom. The summed E-state index contributed by atoms with van der Waals surface area (Å²) in [4.78, 5) is 29.4. The fraction of sp³-hybridized carbons (Fsp3) is 0.350. The molecule has 0 atom stereocenters. The number of aromatic nitrogens is 3. The first kappa shape index (κ1) is 16.6. The van der Waals surface area contributed by atoms with E-state index in [-0.39, 0.29) is 23.2 Å². The molecule has 1 fully saturated rings. The summed E-state index contributed by atoms with van der Waals surface area (Å²) in [6, 6.07) is 10.3. The van der Waals surface area contributed by atoms with Gasteiger partial charge in [-0.25, -0.2) is 9.78 Å². The monoisotopic (exact) mass is 351 g/mol. The summed E-state index contributed by atoms with van der Waals surface area (Å²) in [5.41, 5.74) is 2.18. The van der Waals surface area contributed by atoms with Crippen LogP contribution in [0.5, 0.6) is 0 Å². The minimum absolute atomic E-state index is 0.0229. The van der Waals surface area contributed by atoms with Gasteiger partial charge in [0, 0.05) is 24.4 Å². The fourth-order valence-electron chi connectivity index (χ4n) is 3.56. The second-order valence-corrected chi connectivity index (χ2v) is 6.84. The van der Waals surface area contributed by atoms with Crippen LogP contribution in [0.1, 0.15) is 41.5 Å². The van der Waals surface area contributed by atoms with Gasteiger partial charge in [-0.2, -0.15) is 0 Å². The van der Waals surface area contributed by atoms with Crippen LogP contribution in [0.15, 0.2) is 47.5 Å². The number of hydrogen-bond acceptors (Lipinski definition) is 4. The highest BCUT2D eigenvalue weighted by atomic mass is 16.5. The Morgan fingerprint density at radius 1 is 1.23 bits per heavy atom. The first-order valence-corrected chi connectivity index (χ1v) is 8.86. The number of carbonyl (C=O) groups is 1. The van der Waals surface area contributed by atoms with Crippen LogP contribution >= 0.6 is 0 Å². The number of nitrogens with zero attached hydrogens (tertiary/aromatic N) is 3. The lowest BCUT2D eigenvalue weighted by Gasteiger charge is -2.17. The van der Waals surface area contributed by atoms with Gasteiger partial charge in [0.05, 0.1) is 12.3 Å². The van der Waals surface area contributed by atoms with Gasteiger partial charge >= 0.3 is 5.97 Å². The molecule has 1 aliphatic rings. The van der Waals surface area contributed by atoms with E-state index >= 15 is 0 Å². The van der Waals surface area contributed by atoms with Crippen LogP contribution in [0.4, 0.5) is 0 Å². The van der Waals surface area contributed by atoms with Gasteiger partial charge in [0.2, 0.25) is 5.65 Å². The molecule has 4 rings (SSSR count). The predicted molar refractivity (Wildman–Crippen MR) is 97.5 cm³/mol. The van der Waals surface area contributed by atoms with Crippen molar-refractivity contribution in [3.8, 4) is 0 Å². The number of ether oxygens (including phenoxy) is 1. The second-order valence-electron chi connectivity index (χ2n) is 6.84. The van der Waals surface area contributed by atoms with Gasteiger partial charge in [0.15, 0.2) is 5.69 Å². The van der Waals surface area contributed by atoms with Crippen molar-refractivity contribution in [3.05, 3.63) is 70.0 Å². The molecule has 0 N–H and O–H groups in total. The zero-order valence-electron chi connectivity index (χ0n) is 14.9. The number of aryl methyl sites for hydroxylation is 1. The lowest BCUT2D eigenvalue weighted by Crippen LogP contribution is -2.28. The van der Waals surface area contributed by atoms with Crippen molar-refractivity contribution in [2.75, 3.05) is 6.61 Å². The van der Waals surface area contributed by atoms with Crippen LogP contribution in [-0.2, 0) is 16.7 Å². The minimum Gasteiger partial charge on any atom is -0.461 e. The van der Waals surface area contributed by atoms with E-state index in [0.29, 0.717) is 17.9 Å². The van der Waals surface area contributed by atoms with Crippen LogP contribution in [-0.4, -0.2) is 26.5 Å². The molecular formula is C20H21N3O3. The minimum atomic E-state index is -0.461. The van der Waals surface area contributed by atoms with Crippen LogP contribution in [0.2, 0.25) is 0 Å². The smallest absolute Gasteiger partial charge is 0.357 e. The Morgan fingerprint density at radius 2 is 1.96 bits per heavy atom. The lowest BCUT2D eigenvalue weighted by atomic mass is 9.96. The molecule has 6 nitrogen and oxygen atoms in total. The van der Waals surface area contributed by atoms with Gasteiger partial charge < -0.3 is 9.30 Å². The van der Waals surface area contributed by atoms with E-state index in [9.17, 15) is 9.59 Å². The van der Waals surface area contributed by atoms with Gasteiger partial charge in [0.1, 0.15) is 0 Å². The van der Waals surface area contributed by atoms with Crippen molar-refractivity contribution in [1.29, 1.82) is 0 Å². The quantitative estimate of drug-likeness (QED) is 0.663. The van der Waals surface area contributed by atoms with Crippen molar-refractivity contribution in [2.24, 2.45) is 0 Å². The first-order valence-electron chi connectivity index (χ1n) is 8.86. The zero-order valence-corrected chi connectivity index (χ0v) is 14.9. The molecule has 0 spiro atoms. The number of fused-ring (bicyclic) bond motifs is 1. The van der Waals surface area contributed by atoms with E-state index in [1.165, 1.54) is 9.96 Å². The van der Waals surface area contributed by atoms with E-state index in [1.807, 2.05) is 18.2 Å². The number of imidazole rings is 1. The highest BCUT2D eigenvalue weighted by molar-refractivity contribution is 5.89.